The van der Waals surface area contributed by atoms with Gasteiger partial charge in [-0.3, -0.25) is 0 Å². The second-order valence-corrected chi connectivity index (χ2v) is 6.95. The van der Waals surface area contributed by atoms with Crippen molar-refractivity contribution in [3.05, 3.63) is 23.8 Å². The zero-order chi connectivity index (χ0) is 14.9. The normalized spacial score (nSPS) is 24.8. The van der Waals surface area contributed by atoms with Crippen molar-refractivity contribution >= 4 is 15.7 Å². The molecule has 112 valence electrons. The van der Waals surface area contributed by atoms with Crippen molar-refractivity contribution < 1.29 is 18.3 Å². The molecular weight excluding hydrogens is 280 g/mol. The van der Waals surface area contributed by atoms with E-state index in [2.05, 4.69) is 0 Å². The molecule has 0 aliphatic carbocycles. The molecule has 1 saturated heterocycles. The highest BCUT2D eigenvalue weighted by Gasteiger charge is 2.36. The van der Waals surface area contributed by atoms with Crippen LogP contribution < -0.4 is 5.73 Å². The molecule has 1 heterocycles. The number of anilines is 1. The molecule has 0 saturated carbocycles. The van der Waals surface area contributed by atoms with Crippen molar-refractivity contribution in [2.45, 2.75) is 30.9 Å². The Balaban J connectivity index is 2.40. The fourth-order valence-electron chi connectivity index (χ4n) is 2.26. The molecule has 7 heteroatoms. The molecule has 20 heavy (non-hydrogen) atoms. The smallest absolute Gasteiger partial charge is 0.243 e. The van der Waals surface area contributed by atoms with Crippen LogP contribution in [0.5, 0.6) is 0 Å². The van der Waals surface area contributed by atoms with E-state index in [0.717, 1.165) is 0 Å². The second kappa shape index (κ2) is 5.69. The summed E-state index contributed by atoms with van der Waals surface area (Å²) in [5, 5.41) is 9.16. The van der Waals surface area contributed by atoms with Gasteiger partial charge in [-0.15, -0.1) is 0 Å². The third-order valence-electron chi connectivity index (χ3n) is 3.45. The fraction of sp³-hybridized carbons (Fsp3) is 0.538. The molecule has 6 nitrogen and oxygen atoms in total. The molecule has 1 fully saturated rings. The minimum Gasteiger partial charge on any atom is -0.399 e. The lowest BCUT2D eigenvalue weighted by atomic mass is 10.2. The topological polar surface area (TPSA) is 92.9 Å². The first-order chi connectivity index (χ1) is 9.36. The average Bonchev–Trinajstić information content (AvgIpc) is 2.41. The quantitative estimate of drug-likeness (QED) is 0.786. The van der Waals surface area contributed by atoms with E-state index in [-0.39, 0.29) is 30.7 Å². The van der Waals surface area contributed by atoms with E-state index in [4.69, 9.17) is 15.6 Å². The number of benzene rings is 1. The van der Waals surface area contributed by atoms with Crippen LogP contribution in [-0.2, 0) is 14.8 Å². The van der Waals surface area contributed by atoms with E-state index in [9.17, 15) is 8.42 Å². The number of hydrogen-bond acceptors (Lipinski definition) is 5. The van der Waals surface area contributed by atoms with E-state index < -0.39 is 16.1 Å². The minimum atomic E-state index is -3.65. The van der Waals surface area contributed by atoms with Gasteiger partial charge in [-0.25, -0.2) is 8.42 Å². The summed E-state index contributed by atoms with van der Waals surface area (Å²) in [7, 11) is -3.65. The Kier molecular flexibility index (Phi) is 4.33. The molecular formula is C13H20N2O4S. The predicted octanol–water partition coefficient (Wildman–Crippen LogP) is 0.348. The van der Waals surface area contributed by atoms with Crippen molar-refractivity contribution in [1.29, 1.82) is 0 Å². The molecule has 1 aliphatic rings. The molecule has 0 bridgehead atoms. The number of morpholine rings is 1. The van der Waals surface area contributed by atoms with Gasteiger partial charge in [-0.05, 0) is 31.5 Å². The lowest BCUT2D eigenvalue weighted by molar-refractivity contribution is -0.0516. The maximum Gasteiger partial charge on any atom is 0.243 e. The number of aliphatic hydroxyl groups excluding tert-OH is 1. The Hall–Kier alpha value is -1.15. The second-order valence-electron chi connectivity index (χ2n) is 5.09. The maximum absolute atomic E-state index is 12.8. The number of aryl methyl sites for hydroxylation is 1. The number of hydrogen-bond donors (Lipinski definition) is 2. The highest BCUT2D eigenvalue weighted by Crippen LogP contribution is 2.26. The third-order valence-corrected chi connectivity index (χ3v) is 5.57. The van der Waals surface area contributed by atoms with Gasteiger partial charge in [0.2, 0.25) is 10.0 Å². The Labute approximate surface area is 119 Å². The highest BCUT2D eigenvalue weighted by molar-refractivity contribution is 7.89. The summed E-state index contributed by atoms with van der Waals surface area (Å²) < 4.78 is 32.3. The van der Waals surface area contributed by atoms with Crippen LogP contribution in [0.25, 0.3) is 0 Å². The molecule has 1 aliphatic heterocycles. The number of nitrogens with zero attached hydrogens (tertiary/aromatic N) is 1. The zero-order valence-corrected chi connectivity index (χ0v) is 12.4. The molecule has 2 atom stereocenters. The number of sulfonamides is 1. The molecule has 2 unspecified atom stereocenters. The lowest BCUT2D eigenvalue weighted by Crippen LogP contribution is -2.51. The first kappa shape index (κ1) is 15.2. The Morgan fingerprint density at radius 3 is 2.85 bits per heavy atom. The van der Waals surface area contributed by atoms with Crippen LogP contribution in [0.4, 0.5) is 5.69 Å². The van der Waals surface area contributed by atoms with Gasteiger partial charge in [-0.1, -0.05) is 6.07 Å². The largest absolute Gasteiger partial charge is 0.399 e. The van der Waals surface area contributed by atoms with Gasteiger partial charge in [0, 0.05) is 18.3 Å². The predicted molar refractivity (Wildman–Crippen MR) is 75.8 cm³/mol. The Morgan fingerprint density at radius 2 is 2.20 bits per heavy atom. The Bertz CT molecular complexity index is 588. The van der Waals surface area contributed by atoms with E-state index in [1.54, 1.807) is 26.0 Å². The van der Waals surface area contributed by atoms with E-state index in [1.807, 2.05) is 0 Å². The molecule has 1 aromatic carbocycles. The van der Waals surface area contributed by atoms with E-state index >= 15 is 0 Å². The van der Waals surface area contributed by atoms with E-state index in [1.165, 1.54) is 10.4 Å². The molecule has 0 spiro atoms. The first-order valence-electron chi connectivity index (χ1n) is 6.46. The number of nitrogen functional groups attached to an aromatic ring is 1. The van der Waals surface area contributed by atoms with Gasteiger partial charge in [-0.2, -0.15) is 4.31 Å². The molecule has 0 aromatic heterocycles. The molecule has 3 N–H and O–H groups in total. The van der Waals surface area contributed by atoms with Crippen molar-refractivity contribution in [2.24, 2.45) is 0 Å². The summed E-state index contributed by atoms with van der Waals surface area (Å²) in [5.74, 6) is 0. The van der Waals surface area contributed by atoms with Crippen LogP contribution in [0, 0.1) is 6.92 Å². The van der Waals surface area contributed by atoms with Crippen LogP contribution in [0.2, 0.25) is 0 Å². The van der Waals surface area contributed by atoms with Gasteiger partial charge < -0.3 is 15.6 Å². The number of aliphatic hydroxyl groups is 1. The van der Waals surface area contributed by atoms with Gasteiger partial charge in [0.1, 0.15) is 0 Å². The SMILES string of the molecule is Cc1ccc(N)cc1S(=O)(=O)N1CC(CO)OCC1C. The number of rotatable bonds is 3. The molecule has 0 amide bonds. The van der Waals surface area contributed by atoms with Crippen molar-refractivity contribution in [3.63, 3.8) is 0 Å². The fourth-order valence-corrected chi connectivity index (χ4v) is 4.17. The monoisotopic (exact) mass is 300 g/mol. The summed E-state index contributed by atoms with van der Waals surface area (Å²) in [6.45, 7) is 3.74. The van der Waals surface area contributed by atoms with Gasteiger partial charge in [0.15, 0.2) is 0 Å². The molecule has 1 aromatic rings. The van der Waals surface area contributed by atoms with Crippen molar-refractivity contribution in [3.8, 4) is 0 Å². The van der Waals surface area contributed by atoms with Crippen LogP contribution in [0.15, 0.2) is 23.1 Å². The third kappa shape index (κ3) is 2.80. The van der Waals surface area contributed by atoms with Crippen molar-refractivity contribution in [2.75, 3.05) is 25.5 Å². The maximum atomic E-state index is 12.8. The van der Waals surface area contributed by atoms with Gasteiger partial charge in [0.25, 0.3) is 0 Å². The summed E-state index contributed by atoms with van der Waals surface area (Å²) in [5.41, 5.74) is 6.76. The Morgan fingerprint density at radius 1 is 1.50 bits per heavy atom. The number of ether oxygens (including phenoxy) is 1. The van der Waals surface area contributed by atoms with Crippen LogP contribution in [0.1, 0.15) is 12.5 Å². The summed E-state index contributed by atoms with van der Waals surface area (Å²) in [6, 6.07) is 4.56. The van der Waals surface area contributed by atoms with Gasteiger partial charge >= 0.3 is 0 Å². The van der Waals surface area contributed by atoms with Crippen LogP contribution in [-0.4, -0.2) is 49.7 Å². The molecule has 0 radical (unpaired) electrons. The standard InChI is InChI=1S/C13H20N2O4S/c1-9-3-4-11(14)5-13(9)20(17,18)15-6-12(7-16)19-8-10(15)2/h3-5,10,12,16H,6-8,14H2,1-2H3. The summed E-state index contributed by atoms with van der Waals surface area (Å²) in [4.78, 5) is 0.211. The van der Waals surface area contributed by atoms with Crippen LogP contribution >= 0.6 is 0 Å². The highest BCUT2D eigenvalue weighted by atomic mass is 32.2. The number of nitrogens with two attached hydrogens (primary N) is 1. The zero-order valence-electron chi connectivity index (χ0n) is 11.6. The van der Waals surface area contributed by atoms with Crippen LogP contribution in [0.3, 0.4) is 0 Å². The summed E-state index contributed by atoms with van der Waals surface area (Å²) in [6.07, 6.45) is -0.484. The molecule has 2 rings (SSSR count). The minimum absolute atomic E-state index is 0.147. The average molecular weight is 300 g/mol. The van der Waals surface area contributed by atoms with Gasteiger partial charge in [0.05, 0.1) is 24.2 Å². The van der Waals surface area contributed by atoms with E-state index in [0.29, 0.717) is 11.3 Å². The first-order valence-corrected chi connectivity index (χ1v) is 7.90. The summed E-state index contributed by atoms with van der Waals surface area (Å²) >= 11 is 0. The van der Waals surface area contributed by atoms with Crippen molar-refractivity contribution in [1.82, 2.24) is 4.31 Å². The lowest BCUT2D eigenvalue weighted by Gasteiger charge is -2.36.